The van der Waals surface area contributed by atoms with E-state index >= 15 is 0 Å². The van der Waals surface area contributed by atoms with Crippen LogP contribution >= 0.6 is 0 Å². The summed E-state index contributed by atoms with van der Waals surface area (Å²) in [7, 11) is 0. The van der Waals surface area contributed by atoms with E-state index in [0.717, 1.165) is 5.56 Å². The summed E-state index contributed by atoms with van der Waals surface area (Å²) < 4.78 is 10.6. The van der Waals surface area contributed by atoms with Crippen LogP contribution in [0.3, 0.4) is 0 Å². The van der Waals surface area contributed by atoms with Crippen LogP contribution < -0.4 is 14.8 Å². The Hall–Kier alpha value is -2.49. The molecule has 0 radical (unpaired) electrons. The molecule has 4 heteroatoms. The molecule has 1 aliphatic heterocycles. The van der Waals surface area contributed by atoms with Crippen molar-refractivity contribution in [2.24, 2.45) is 0 Å². The maximum absolute atomic E-state index is 12.6. The highest BCUT2D eigenvalue weighted by Crippen LogP contribution is 2.35. The summed E-state index contributed by atoms with van der Waals surface area (Å²) in [4.78, 5) is 12.6. The SMILES string of the molecule is CC(C)(C(=O)Nc1ccc2c(c1)OCO2)c1ccccc1. The maximum atomic E-state index is 12.6. The molecule has 3 rings (SSSR count). The predicted octanol–water partition coefficient (Wildman–Crippen LogP) is 3.33. The Morgan fingerprint density at radius 3 is 2.52 bits per heavy atom. The third-order valence-electron chi connectivity index (χ3n) is 3.69. The van der Waals surface area contributed by atoms with Gasteiger partial charge >= 0.3 is 0 Å². The fourth-order valence-corrected chi connectivity index (χ4v) is 2.25. The Kier molecular flexibility index (Phi) is 3.29. The summed E-state index contributed by atoms with van der Waals surface area (Å²) >= 11 is 0. The first-order valence-electron chi connectivity index (χ1n) is 6.84. The van der Waals surface area contributed by atoms with Crippen molar-refractivity contribution in [1.29, 1.82) is 0 Å². The van der Waals surface area contributed by atoms with Crippen LogP contribution in [0.5, 0.6) is 11.5 Å². The molecule has 0 unspecified atom stereocenters. The molecule has 0 bridgehead atoms. The van der Waals surface area contributed by atoms with Gasteiger partial charge in [-0.25, -0.2) is 0 Å². The van der Waals surface area contributed by atoms with E-state index in [1.54, 1.807) is 12.1 Å². The summed E-state index contributed by atoms with van der Waals surface area (Å²) in [6, 6.07) is 15.1. The zero-order chi connectivity index (χ0) is 14.9. The number of ether oxygens (including phenoxy) is 2. The van der Waals surface area contributed by atoms with Crippen LogP contribution in [0.1, 0.15) is 19.4 Å². The van der Waals surface area contributed by atoms with Gasteiger partial charge in [0.2, 0.25) is 12.7 Å². The van der Waals surface area contributed by atoms with Crippen LogP contribution in [0.4, 0.5) is 5.69 Å². The molecule has 0 atom stereocenters. The molecule has 0 saturated heterocycles. The molecular weight excluding hydrogens is 266 g/mol. The highest BCUT2D eigenvalue weighted by Gasteiger charge is 2.29. The summed E-state index contributed by atoms with van der Waals surface area (Å²) in [5.74, 6) is 1.30. The van der Waals surface area contributed by atoms with E-state index in [9.17, 15) is 4.79 Å². The molecule has 21 heavy (non-hydrogen) atoms. The molecule has 0 saturated carbocycles. The van der Waals surface area contributed by atoms with Crippen molar-refractivity contribution < 1.29 is 14.3 Å². The average Bonchev–Trinajstić information content (AvgIpc) is 2.95. The molecule has 1 N–H and O–H groups in total. The fourth-order valence-electron chi connectivity index (χ4n) is 2.25. The molecule has 0 fully saturated rings. The van der Waals surface area contributed by atoms with Gasteiger partial charge in [-0.3, -0.25) is 4.79 Å². The van der Waals surface area contributed by atoms with Crippen LogP contribution in [0, 0.1) is 0 Å². The second kappa shape index (κ2) is 5.13. The van der Waals surface area contributed by atoms with Gasteiger partial charge in [0.05, 0.1) is 5.41 Å². The Labute approximate surface area is 123 Å². The van der Waals surface area contributed by atoms with Crippen molar-refractivity contribution in [3.05, 3.63) is 54.1 Å². The number of rotatable bonds is 3. The van der Waals surface area contributed by atoms with Gasteiger partial charge in [0, 0.05) is 11.8 Å². The normalized spacial score (nSPS) is 13.0. The lowest BCUT2D eigenvalue weighted by atomic mass is 9.83. The monoisotopic (exact) mass is 283 g/mol. The number of carbonyl (C=O) groups is 1. The first-order valence-corrected chi connectivity index (χ1v) is 6.84. The minimum atomic E-state index is -0.613. The van der Waals surface area contributed by atoms with Crippen LogP contribution in [-0.4, -0.2) is 12.7 Å². The average molecular weight is 283 g/mol. The summed E-state index contributed by atoms with van der Waals surface area (Å²) in [5.41, 5.74) is 1.06. The van der Waals surface area contributed by atoms with Gasteiger partial charge in [0.15, 0.2) is 11.5 Å². The van der Waals surface area contributed by atoms with Gasteiger partial charge < -0.3 is 14.8 Å². The molecule has 0 spiro atoms. The van der Waals surface area contributed by atoms with Crippen LogP contribution in [0.25, 0.3) is 0 Å². The minimum absolute atomic E-state index is 0.0624. The number of carbonyl (C=O) groups excluding carboxylic acids is 1. The Morgan fingerprint density at radius 1 is 1.05 bits per heavy atom. The Balaban J connectivity index is 1.80. The predicted molar refractivity (Wildman–Crippen MR) is 80.7 cm³/mol. The number of amides is 1. The number of anilines is 1. The van der Waals surface area contributed by atoms with E-state index in [1.807, 2.05) is 50.2 Å². The molecule has 2 aromatic carbocycles. The molecule has 1 amide bonds. The lowest BCUT2D eigenvalue weighted by Gasteiger charge is -2.24. The zero-order valence-corrected chi connectivity index (χ0v) is 12.1. The van der Waals surface area contributed by atoms with E-state index in [0.29, 0.717) is 17.2 Å². The molecule has 1 aliphatic rings. The second-order valence-electron chi connectivity index (χ2n) is 5.51. The molecular formula is C17H17NO3. The first kappa shape index (κ1) is 13.5. The first-order chi connectivity index (χ1) is 10.1. The van der Waals surface area contributed by atoms with E-state index in [2.05, 4.69) is 5.32 Å². The van der Waals surface area contributed by atoms with Crippen LogP contribution in [0.2, 0.25) is 0 Å². The Morgan fingerprint density at radius 2 is 1.76 bits per heavy atom. The molecule has 2 aromatic rings. The topological polar surface area (TPSA) is 47.6 Å². The lowest BCUT2D eigenvalue weighted by molar-refractivity contribution is -0.120. The van der Waals surface area contributed by atoms with Crippen molar-refractivity contribution in [1.82, 2.24) is 0 Å². The number of benzene rings is 2. The number of fused-ring (bicyclic) bond motifs is 1. The fraction of sp³-hybridized carbons (Fsp3) is 0.235. The van der Waals surface area contributed by atoms with Gasteiger partial charge in [0.25, 0.3) is 0 Å². The van der Waals surface area contributed by atoms with Crippen LogP contribution in [-0.2, 0) is 10.2 Å². The van der Waals surface area contributed by atoms with E-state index in [4.69, 9.17) is 9.47 Å². The standard InChI is InChI=1S/C17H17NO3/c1-17(2,12-6-4-3-5-7-12)16(19)18-13-8-9-14-15(10-13)21-11-20-14/h3-10H,11H2,1-2H3,(H,18,19). The van der Waals surface area contributed by atoms with E-state index < -0.39 is 5.41 Å². The molecule has 1 heterocycles. The maximum Gasteiger partial charge on any atom is 0.234 e. The number of hydrogen-bond donors (Lipinski definition) is 1. The third kappa shape index (κ3) is 2.57. The third-order valence-corrected chi connectivity index (χ3v) is 3.69. The van der Waals surface area contributed by atoms with Gasteiger partial charge in [-0.1, -0.05) is 30.3 Å². The van der Waals surface area contributed by atoms with Gasteiger partial charge in [-0.15, -0.1) is 0 Å². The Bertz CT molecular complexity index is 665. The van der Waals surface area contributed by atoms with Gasteiger partial charge in [-0.2, -0.15) is 0 Å². The minimum Gasteiger partial charge on any atom is -0.454 e. The number of hydrogen-bond acceptors (Lipinski definition) is 3. The molecule has 4 nitrogen and oxygen atoms in total. The van der Waals surface area contributed by atoms with Crippen molar-refractivity contribution in [3.63, 3.8) is 0 Å². The molecule has 0 aromatic heterocycles. The van der Waals surface area contributed by atoms with Crippen molar-refractivity contribution >= 4 is 11.6 Å². The van der Waals surface area contributed by atoms with Crippen molar-refractivity contribution in [2.45, 2.75) is 19.3 Å². The molecule has 108 valence electrons. The second-order valence-corrected chi connectivity index (χ2v) is 5.51. The quantitative estimate of drug-likeness (QED) is 0.940. The van der Waals surface area contributed by atoms with Crippen LogP contribution in [0.15, 0.2) is 48.5 Å². The van der Waals surface area contributed by atoms with Gasteiger partial charge in [-0.05, 0) is 31.5 Å². The van der Waals surface area contributed by atoms with E-state index in [-0.39, 0.29) is 12.7 Å². The zero-order valence-electron chi connectivity index (χ0n) is 12.1. The van der Waals surface area contributed by atoms with Crippen molar-refractivity contribution in [3.8, 4) is 11.5 Å². The smallest absolute Gasteiger partial charge is 0.234 e. The number of nitrogens with one attached hydrogen (secondary N) is 1. The van der Waals surface area contributed by atoms with Crippen molar-refractivity contribution in [2.75, 3.05) is 12.1 Å². The summed E-state index contributed by atoms with van der Waals surface area (Å²) in [6.45, 7) is 4.04. The lowest BCUT2D eigenvalue weighted by Crippen LogP contribution is -2.34. The largest absolute Gasteiger partial charge is 0.454 e. The van der Waals surface area contributed by atoms with E-state index in [1.165, 1.54) is 0 Å². The summed E-state index contributed by atoms with van der Waals surface area (Å²) in [5, 5.41) is 2.94. The highest BCUT2D eigenvalue weighted by molar-refractivity contribution is 5.98. The summed E-state index contributed by atoms with van der Waals surface area (Å²) in [6.07, 6.45) is 0. The molecule has 0 aliphatic carbocycles. The van der Waals surface area contributed by atoms with Gasteiger partial charge in [0.1, 0.15) is 0 Å². The highest BCUT2D eigenvalue weighted by atomic mass is 16.7.